The highest BCUT2D eigenvalue weighted by Gasteiger charge is 2.35. The molecule has 2 heterocycles. The van der Waals surface area contributed by atoms with Crippen LogP contribution in [-0.2, 0) is 29.1 Å². The van der Waals surface area contributed by atoms with E-state index in [1.54, 1.807) is 0 Å². The highest BCUT2D eigenvalue weighted by atomic mass is 32.2. The summed E-state index contributed by atoms with van der Waals surface area (Å²) in [4.78, 5) is 17.9. The zero-order valence-corrected chi connectivity index (χ0v) is 16.9. The Hall–Kier alpha value is -2.62. The number of nitrogens with zero attached hydrogens (tertiary/aromatic N) is 2. The molecule has 6 nitrogen and oxygen atoms in total. The second-order valence-corrected chi connectivity index (χ2v) is 9.70. The minimum atomic E-state index is -4.57. The molecule has 0 radical (unpaired) electrons. The van der Waals surface area contributed by atoms with Crippen LogP contribution in [-0.4, -0.2) is 37.1 Å². The van der Waals surface area contributed by atoms with Gasteiger partial charge in [0, 0.05) is 25.5 Å². The number of alkyl halides is 3. The average Bonchev–Trinajstić information content (AvgIpc) is 3.40. The lowest BCUT2D eigenvalue weighted by Crippen LogP contribution is -2.26. The Morgan fingerprint density at radius 2 is 1.90 bits per heavy atom. The van der Waals surface area contributed by atoms with Gasteiger partial charge in [0.25, 0.3) is 5.91 Å². The summed E-state index contributed by atoms with van der Waals surface area (Å²) in [7, 11) is -3.55. The van der Waals surface area contributed by atoms with Crippen molar-refractivity contribution in [3.05, 3.63) is 52.8 Å². The molecule has 0 atom stereocenters. The predicted molar refractivity (Wildman–Crippen MR) is 101 cm³/mol. The Morgan fingerprint density at radius 1 is 1.20 bits per heavy atom. The average molecular weight is 440 g/mol. The molecule has 1 aliphatic carbocycles. The molecule has 1 amide bonds. The van der Waals surface area contributed by atoms with E-state index >= 15 is 0 Å². The van der Waals surface area contributed by atoms with E-state index in [4.69, 9.17) is 4.74 Å². The molecule has 0 unspecified atom stereocenters. The first-order valence-electron chi connectivity index (χ1n) is 9.33. The van der Waals surface area contributed by atoms with Gasteiger partial charge in [-0.25, -0.2) is 8.42 Å². The maximum absolute atomic E-state index is 13.2. The fourth-order valence-electron chi connectivity index (χ4n) is 3.28. The van der Waals surface area contributed by atoms with Crippen LogP contribution >= 0.6 is 0 Å². The topological polar surface area (TPSA) is 76.6 Å². The van der Waals surface area contributed by atoms with E-state index in [0.717, 1.165) is 31.4 Å². The number of hydrogen-bond donors (Lipinski definition) is 0. The lowest BCUT2D eigenvalue weighted by Gasteiger charge is -2.19. The largest absolute Gasteiger partial charge is 0.492 e. The maximum Gasteiger partial charge on any atom is 0.433 e. The van der Waals surface area contributed by atoms with Gasteiger partial charge in [0.05, 0.1) is 17.1 Å². The molecule has 1 fully saturated rings. The highest BCUT2D eigenvalue weighted by molar-refractivity contribution is 7.90. The molecule has 30 heavy (non-hydrogen) atoms. The molecule has 0 bridgehead atoms. The zero-order valence-electron chi connectivity index (χ0n) is 16.1. The van der Waals surface area contributed by atoms with Gasteiger partial charge in [0.2, 0.25) is 0 Å². The Bertz CT molecular complexity index is 1110. The normalized spacial score (nSPS) is 16.5. The number of pyridine rings is 1. The minimum Gasteiger partial charge on any atom is -0.492 e. The van der Waals surface area contributed by atoms with Gasteiger partial charge in [0.1, 0.15) is 11.4 Å². The van der Waals surface area contributed by atoms with Crippen LogP contribution in [0.4, 0.5) is 13.2 Å². The third-order valence-corrected chi connectivity index (χ3v) is 6.27. The van der Waals surface area contributed by atoms with E-state index in [2.05, 4.69) is 4.98 Å². The lowest BCUT2D eigenvalue weighted by atomic mass is 10.1. The summed E-state index contributed by atoms with van der Waals surface area (Å²) >= 11 is 0. The fourth-order valence-corrected chi connectivity index (χ4v) is 3.92. The van der Waals surface area contributed by atoms with Crippen molar-refractivity contribution in [2.45, 2.75) is 37.0 Å². The quantitative estimate of drug-likeness (QED) is 0.712. The predicted octanol–water partition coefficient (Wildman–Crippen LogP) is 3.45. The third kappa shape index (κ3) is 4.28. The van der Waals surface area contributed by atoms with Crippen LogP contribution in [0.15, 0.2) is 35.4 Å². The Balaban J connectivity index is 1.62. The van der Waals surface area contributed by atoms with Crippen molar-refractivity contribution in [3.63, 3.8) is 0 Å². The standard InChI is InChI=1S/C20H19F3N2O4S/c1-30(27,28)15-4-5-17(29-11-12-2-3-12)16(7-15)19(26)25-9-13-6-18(20(21,22)23)24-8-14(13)10-25/h4-8,12H,2-3,9-11H2,1H3. The second-order valence-electron chi connectivity index (χ2n) is 7.68. The van der Waals surface area contributed by atoms with Gasteiger partial charge in [-0.1, -0.05) is 0 Å². The summed E-state index contributed by atoms with van der Waals surface area (Å²) in [5.74, 6) is 0.186. The van der Waals surface area contributed by atoms with Crippen molar-refractivity contribution in [1.29, 1.82) is 0 Å². The van der Waals surface area contributed by atoms with Crippen molar-refractivity contribution < 1.29 is 31.1 Å². The first-order valence-corrected chi connectivity index (χ1v) is 11.2. The summed E-state index contributed by atoms with van der Waals surface area (Å²) in [5.41, 5.74) is -0.0417. The van der Waals surface area contributed by atoms with Gasteiger partial charge in [-0.05, 0) is 54.2 Å². The van der Waals surface area contributed by atoms with Crippen LogP contribution in [0.3, 0.4) is 0 Å². The molecule has 0 spiro atoms. The van der Waals surface area contributed by atoms with E-state index in [0.29, 0.717) is 23.7 Å². The van der Waals surface area contributed by atoms with Crippen LogP contribution < -0.4 is 4.74 Å². The summed E-state index contributed by atoms with van der Waals surface area (Å²) in [5, 5.41) is 0. The molecule has 4 rings (SSSR count). The number of carbonyl (C=O) groups is 1. The van der Waals surface area contributed by atoms with E-state index in [9.17, 15) is 26.4 Å². The van der Waals surface area contributed by atoms with Gasteiger partial charge < -0.3 is 9.64 Å². The van der Waals surface area contributed by atoms with E-state index < -0.39 is 27.6 Å². The van der Waals surface area contributed by atoms with Crippen LogP contribution in [0.2, 0.25) is 0 Å². The van der Waals surface area contributed by atoms with Gasteiger partial charge in [-0.15, -0.1) is 0 Å². The molecule has 0 saturated heterocycles. The van der Waals surface area contributed by atoms with Crippen molar-refractivity contribution in [2.75, 3.05) is 12.9 Å². The number of aromatic nitrogens is 1. The third-order valence-electron chi connectivity index (χ3n) is 5.16. The summed E-state index contributed by atoms with van der Waals surface area (Å²) in [6.07, 6.45) is -0.318. The van der Waals surface area contributed by atoms with Crippen LogP contribution in [0.5, 0.6) is 5.75 Å². The van der Waals surface area contributed by atoms with Crippen molar-refractivity contribution in [2.24, 2.45) is 5.92 Å². The molecular weight excluding hydrogens is 421 g/mol. The number of rotatable bonds is 5. The number of carbonyl (C=O) groups excluding carboxylic acids is 1. The van der Waals surface area contributed by atoms with Gasteiger partial charge in [-0.3, -0.25) is 9.78 Å². The molecule has 0 N–H and O–H groups in total. The number of amides is 1. The highest BCUT2D eigenvalue weighted by Crippen LogP contribution is 2.34. The summed E-state index contributed by atoms with van der Waals surface area (Å²) in [6, 6.07) is 5.05. The smallest absolute Gasteiger partial charge is 0.433 e. The molecular formula is C20H19F3N2O4S. The van der Waals surface area contributed by atoms with E-state index in [1.165, 1.54) is 23.1 Å². The number of benzene rings is 1. The molecule has 2 aromatic rings. The molecule has 1 aromatic heterocycles. The molecule has 1 aliphatic heterocycles. The van der Waals surface area contributed by atoms with E-state index in [1.807, 2.05) is 0 Å². The molecule has 1 aromatic carbocycles. The minimum absolute atomic E-state index is 0.0229. The van der Waals surface area contributed by atoms with E-state index in [-0.39, 0.29) is 29.3 Å². The number of halogens is 3. The monoisotopic (exact) mass is 440 g/mol. The summed E-state index contributed by atoms with van der Waals surface area (Å²) in [6.45, 7) is 0.493. The second kappa shape index (κ2) is 7.26. The molecule has 2 aliphatic rings. The number of hydrogen-bond acceptors (Lipinski definition) is 5. The van der Waals surface area contributed by atoms with Gasteiger partial charge in [0.15, 0.2) is 9.84 Å². The molecule has 10 heteroatoms. The van der Waals surface area contributed by atoms with Crippen LogP contribution in [0.25, 0.3) is 0 Å². The Morgan fingerprint density at radius 3 is 2.53 bits per heavy atom. The molecule has 160 valence electrons. The summed E-state index contributed by atoms with van der Waals surface area (Å²) < 4.78 is 68.4. The molecule has 1 saturated carbocycles. The van der Waals surface area contributed by atoms with Crippen molar-refractivity contribution in [1.82, 2.24) is 9.88 Å². The fraction of sp³-hybridized carbons (Fsp3) is 0.400. The first kappa shape index (κ1) is 20.6. The Labute approximate surface area is 171 Å². The number of sulfone groups is 1. The van der Waals surface area contributed by atoms with Gasteiger partial charge >= 0.3 is 6.18 Å². The SMILES string of the molecule is CS(=O)(=O)c1ccc(OCC2CC2)c(C(=O)N2Cc3cnc(C(F)(F)F)cc3C2)c1. The Kier molecular flexibility index (Phi) is 5.00. The zero-order chi connectivity index (χ0) is 21.7. The number of ether oxygens (including phenoxy) is 1. The maximum atomic E-state index is 13.2. The van der Waals surface area contributed by atoms with Crippen molar-refractivity contribution >= 4 is 15.7 Å². The van der Waals surface area contributed by atoms with Gasteiger partial charge in [-0.2, -0.15) is 13.2 Å². The van der Waals surface area contributed by atoms with Crippen LogP contribution in [0.1, 0.15) is 40.0 Å². The lowest BCUT2D eigenvalue weighted by molar-refractivity contribution is -0.141. The van der Waals surface area contributed by atoms with Crippen molar-refractivity contribution in [3.8, 4) is 5.75 Å². The first-order chi connectivity index (χ1) is 14.0. The van der Waals surface area contributed by atoms with Crippen LogP contribution in [0, 0.1) is 5.92 Å². The number of fused-ring (bicyclic) bond motifs is 1.